The summed E-state index contributed by atoms with van der Waals surface area (Å²) in [4.78, 5) is 6.42. The molecule has 18 heavy (non-hydrogen) atoms. The third kappa shape index (κ3) is 4.37. The average Bonchev–Trinajstić information content (AvgIpc) is 2.38. The van der Waals surface area contributed by atoms with Gasteiger partial charge in [-0.15, -0.1) is 0 Å². The number of hydrogen-bond acceptors (Lipinski definition) is 4. The second kappa shape index (κ2) is 7.46. The molecule has 0 radical (unpaired) electrons. The molecule has 1 aromatic heterocycles. The van der Waals surface area contributed by atoms with Gasteiger partial charge in [0, 0.05) is 36.9 Å². The molecule has 0 saturated carbocycles. The highest BCUT2D eigenvalue weighted by Crippen LogP contribution is 2.09. The van der Waals surface area contributed by atoms with Gasteiger partial charge in [0.15, 0.2) is 0 Å². The van der Waals surface area contributed by atoms with Gasteiger partial charge in [-0.05, 0) is 25.1 Å². The quantitative estimate of drug-likeness (QED) is 0.756. The molecule has 1 heterocycles. The van der Waals surface area contributed by atoms with Crippen LogP contribution in [0.5, 0.6) is 0 Å². The summed E-state index contributed by atoms with van der Waals surface area (Å²) in [6, 6.07) is 5.92. The number of nitrogens with zero attached hydrogens (tertiary/aromatic N) is 2. The highest BCUT2D eigenvalue weighted by atomic mass is 16.3. The van der Waals surface area contributed by atoms with Gasteiger partial charge >= 0.3 is 0 Å². The van der Waals surface area contributed by atoms with Crippen LogP contribution in [0.3, 0.4) is 0 Å². The van der Waals surface area contributed by atoms with Crippen LogP contribution in [-0.4, -0.2) is 47.3 Å². The minimum absolute atomic E-state index is 0.00807. The monoisotopic (exact) mass is 251 g/mol. The molecule has 0 amide bonds. The normalized spacial score (nSPS) is 15.1. The van der Waals surface area contributed by atoms with Crippen molar-refractivity contribution in [1.29, 1.82) is 0 Å². The lowest BCUT2D eigenvalue weighted by Crippen LogP contribution is -2.51. The first-order valence-electron chi connectivity index (χ1n) is 6.52. The van der Waals surface area contributed by atoms with Crippen LogP contribution in [-0.2, 0) is 6.42 Å². The molecule has 102 valence electrons. The van der Waals surface area contributed by atoms with E-state index in [0.29, 0.717) is 5.92 Å². The van der Waals surface area contributed by atoms with E-state index < -0.39 is 0 Å². The summed E-state index contributed by atoms with van der Waals surface area (Å²) in [7, 11) is 2.01. The molecule has 0 aromatic carbocycles. The molecule has 0 bridgehead atoms. The number of pyridine rings is 1. The van der Waals surface area contributed by atoms with Gasteiger partial charge in [-0.1, -0.05) is 19.9 Å². The van der Waals surface area contributed by atoms with Crippen molar-refractivity contribution in [2.75, 3.05) is 20.2 Å². The molecular formula is C14H25N3O. The zero-order valence-corrected chi connectivity index (χ0v) is 11.6. The topological polar surface area (TPSA) is 62.4 Å². The predicted octanol–water partition coefficient (Wildman–Crippen LogP) is 0.900. The standard InChI is InChI=1S/C14H25N3O/c1-11(2)14(15)13(10-18)17(3)9-7-12-6-4-5-8-16-12/h4-6,8,11,13-14,18H,7,9-10,15H2,1-3H3. The van der Waals surface area contributed by atoms with Crippen molar-refractivity contribution in [1.82, 2.24) is 9.88 Å². The molecule has 3 N–H and O–H groups in total. The first-order chi connectivity index (χ1) is 8.56. The van der Waals surface area contributed by atoms with Crippen LogP contribution < -0.4 is 5.73 Å². The number of likely N-dealkylation sites (N-methyl/N-ethyl adjacent to an activating group) is 1. The predicted molar refractivity (Wildman–Crippen MR) is 74.3 cm³/mol. The summed E-state index contributed by atoms with van der Waals surface area (Å²) >= 11 is 0. The second-order valence-corrected chi connectivity index (χ2v) is 5.12. The Bertz CT molecular complexity index is 329. The smallest absolute Gasteiger partial charge is 0.0601 e. The third-order valence-electron chi connectivity index (χ3n) is 3.41. The minimum atomic E-state index is -0.0104. The Balaban J connectivity index is 2.50. The molecule has 0 aliphatic carbocycles. The summed E-state index contributed by atoms with van der Waals surface area (Å²) in [5.74, 6) is 0.361. The fraction of sp³-hybridized carbons (Fsp3) is 0.643. The van der Waals surface area contributed by atoms with Crippen LogP contribution >= 0.6 is 0 Å². The van der Waals surface area contributed by atoms with Gasteiger partial charge in [0.05, 0.1) is 6.61 Å². The van der Waals surface area contributed by atoms with Gasteiger partial charge < -0.3 is 10.8 Å². The van der Waals surface area contributed by atoms with Crippen LogP contribution in [0.4, 0.5) is 0 Å². The minimum Gasteiger partial charge on any atom is -0.395 e. The maximum atomic E-state index is 9.48. The molecular weight excluding hydrogens is 226 g/mol. The number of nitrogens with two attached hydrogens (primary N) is 1. The van der Waals surface area contributed by atoms with E-state index in [4.69, 9.17) is 5.73 Å². The van der Waals surface area contributed by atoms with E-state index in [2.05, 4.69) is 23.7 Å². The Morgan fingerprint density at radius 2 is 2.11 bits per heavy atom. The van der Waals surface area contributed by atoms with Gasteiger partial charge in [0.1, 0.15) is 0 Å². The van der Waals surface area contributed by atoms with Crippen LogP contribution in [0, 0.1) is 5.92 Å². The van der Waals surface area contributed by atoms with Crippen molar-refractivity contribution in [3.8, 4) is 0 Å². The Morgan fingerprint density at radius 1 is 1.39 bits per heavy atom. The summed E-state index contributed by atoms with van der Waals surface area (Å²) < 4.78 is 0. The number of aliphatic hydroxyl groups excluding tert-OH is 1. The van der Waals surface area contributed by atoms with Gasteiger partial charge in [0.2, 0.25) is 0 Å². The van der Waals surface area contributed by atoms with Crippen molar-refractivity contribution in [3.05, 3.63) is 30.1 Å². The van der Waals surface area contributed by atoms with E-state index in [9.17, 15) is 5.11 Å². The molecule has 0 saturated heterocycles. The number of hydrogen-bond donors (Lipinski definition) is 2. The molecule has 0 aliphatic heterocycles. The Morgan fingerprint density at radius 3 is 2.61 bits per heavy atom. The van der Waals surface area contributed by atoms with Crippen LogP contribution in [0.2, 0.25) is 0 Å². The first kappa shape index (κ1) is 15.1. The highest BCUT2D eigenvalue weighted by molar-refractivity contribution is 5.03. The van der Waals surface area contributed by atoms with Crippen LogP contribution in [0.1, 0.15) is 19.5 Å². The zero-order valence-electron chi connectivity index (χ0n) is 11.6. The highest BCUT2D eigenvalue weighted by Gasteiger charge is 2.23. The Labute approximate surface area is 110 Å². The van der Waals surface area contributed by atoms with Crippen molar-refractivity contribution >= 4 is 0 Å². The Kier molecular flexibility index (Phi) is 6.25. The lowest BCUT2D eigenvalue weighted by atomic mass is 9.97. The molecule has 4 nitrogen and oxygen atoms in total. The fourth-order valence-corrected chi connectivity index (χ4v) is 2.00. The van der Waals surface area contributed by atoms with Gasteiger partial charge in [0.25, 0.3) is 0 Å². The van der Waals surface area contributed by atoms with Gasteiger partial charge in [-0.2, -0.15) is 0 Å². The summed E-state index contributed by atoms with van der Waals surface area (Å²) in [6.07, 6.45) is 2.68. The van der Waals surface area contributed by atoms with E-state index in [1.165, 1.54) is 0 Å². The largest absolute Gasteiger partial charge is 0.395 e. The van der Waals surface area contributed by atoms with E-state index in [1.807, 2.05) is 25.2 Å². The molecule has 4 heteroatoms. The number of aliphatic hydroxyl groups is 1. The maximum absolute atomic E-state index is 9.48. The molecule has 0 fully saturated rings. The summed E-state index contributed by atoms with van der Waals surface area (Å²) in [5, 5.41) is 9.48. The molecule has 2 unspecified atom stereocenters. The molecule has 2 atom stereocenters. The second-order valence-electron chi connectivity index (χ2n) is 5.12. The fourth-order valence-electron chi connectivity index (χ4n) is 2.00. The zero-order chi connectivity index (χ0) is 13.5. The first-order valence-corrected chi connectivity index (χ1v) is 6.52. The van der Waals surface area contributed by atoms with Crippen LogP contribution in [0.15, 0.2) is 24.4 Å². The van der Waals surface area contributed by atoms with Gasteiger partial charge in [-0.3, -0.25) is 9.88 Å². The lowest BCUT2D eigenvalue weighted by molar-refractivity contribution is 0.113. The van der Waals surface area contributed by atoms with E-state index in [0.717, 1.165) is 18.7 Å². The maximum Gasteiger partial charge on any atom is 0.0601 e. The third-order valence-corrected chi connectivity index (χ3v) is 3.41. The lowest BCUT2D eigenvalue weighted by Gasteiger charge is -2.33. The summed E-state index contributed by atoms with van der Waals surface area (Å²) in [5.41, 5.74) is 7.19. The van der Waals surface area contributed by atoms with Crippen molar-refractivity contribution in [3.63, 3.8) is 0 Å². The SMILES string of the molecule is CC(C)C(N)C(CO)N(C)CCc1ccccn1. The van der Waals surface area contributed by atoms with Gasteiger partial charge in [-0.25, -0.2) is 0 Å². The van der Waals surface area contributed by atoms with Crippen molar-refractivity contribution in [2.24, 2.45) is 11.7 Å². The molecule has 0 spiro atoms. The Hall–Kier alpha value is -0.970. The van der Waals surface area contributed by atoms with E-state index in [1.54, 1.807) is 6.20 Å². The summed E-state index contributed by atoms with van der Waals surface area (Å²) in [6.45, 7) is 5.11. The molecule has 0 aliphatic rings. The average molecular weight is 251 g/mol. The molecule has 1 aromatic rings. The van der Waals surface area contributed by atoms with E-state index in [-0.39, 0.29) is 18.7 Å². The molecule has 1 rings (SSSR count). The van der Waals surface area contributed by atoms with E-state index >= 15 is 0 Å². The van der Waals surface area contributed by atoms with Crippen molar-refractivity contribution in [2.45, 2.75) is 32.4 Å². The number of aromatic nitrogens is 1. The van der Waals surface area contributed by atoms with Crippen molar-refractivity contribution < 1.29 is 5.11 Å². The van der Waals surface area contributed by atoms with Crippen LogP contribution in [0.25, 0.3) is 0 Å². The number of rotatable bonds is 7.